The molecule has 0 aromatic heterocycles. The molecule has 1 aromatic rings. The molecule has 1 aliphatic heterocycles. The molecule has 1 amide bonds. The Balaban J connectivity index is 0.00000220. The van der Waals surface area contributed by atoms with Crippen LogP contribution in [0.3, 0.4) is 0 Å². The molecule has 2 rings (SSSR count). The minimum absolute atomic E-state index is 0. The smallest absolute Gasteiger partial charge is 0.253 e. The van der Waals surface area contributed by atoms with Crippen LogP contribution in [0.25, 0.3) is 0 Å². The number of piperazine rings is 1. The molecule has 1 N–H and O–H groups in total. The van der Waals surface area contributed by atoms with Gasteiger partial charge in [0.25, 0.3) is 5.91 Å². The van der Waals surface area contributed by atoms with E-state index in [9.17, 15) is 4.79 Å². The van der Waals surface area contributed by atoms with Gasteiger partial charge >= 0.3 is 0 Å². The SMILES string of the molecule is CC(C)c1ccc(C(=O)N2CCN(CCO)CC2)cc1.[Cl-]. The van der Waals surface area contributed by atoms with Crippen molar-refractivity contribution in [3.05, 3.63) is 35.4 Å². The fourth-order valence-corrected chi connectivity index (χ4v) is 2.51. The van der Waals surface area contributed by atoms with Crippen molar-refractivity contribution in [2.75, 3.05) is 39.3 Å². The molecular weight excluding hydrogens is 288 g/mol. The number of carbonyl (C=O) groups is 1. The number of β-amino-alcohol motifs (C(OH)–C–C–N with tert-alkyl or cyclic N) is 1. The molecule has 1 heterocycles. The molecule has 5 heteroatoms. The van der Waals surface area contributed by atoms with E-state index in [-0.39, 0.29) is 24.9 Å². The predicted octanol–water partition coefficient (Wildman–Crippen LogP) is -1.44. The van der Waals surface area contributed by atoms with Crippen molar-refractivity contribution in [1.82, 2.24) is 9.80 Å². The van der Waals surface area contributed by atoms with E-state index in [1.165, 1.54) is 5.56 Å². The highest BCUT2D eigenvalue weighted by Gasteiger charge is 2.21. The third kappa shape index (κ3) is 4.70. The van der Waals surface area contributed by atoms with Crippen molar-refractivity contribution >= 4 is 5.91 Å². The summed E-state index contributed by atoms with van der Waals surface area (Å²) in [6.45, 7) is 8.35. The van der Waals surface area contributed by atoms with Crippen LogP contribution in [0.4, 0.5) is 0 Å². The van der Waals surface area contributed by atoms with Gasteiger partial charge in [0.2, 0.25) is 0 Å². The third-order valence-electron chi connectivity index (χ3n) is 3.90. The molecule has 4 nitrogen and oxygen atoms in total. The zero-order chi connectivity index (χ0) is 14.5. The average molecular weight is 312 g/mol. The highest BCUT2D eigenvalue weighted by molar-refractivity contribution is 5.94. The van der Waals surface area contributed by atoms with Gasteiger partial charge in [0, 0.05) is 38.3 Å². The molecule has 0 saturated carbocycles. The fraction of sp³-hybridized carbons (Fsp3) is 0.562. The maximum Gasteiger partial charge on any atom is 0.253 e. The quantitative estimate of drug-likeness (QED) is 0.741. The Labute approximate surface area is 133 Å². The molecule has 1 aromatic carbocycles. The summed E-state index contributed by atoms with van der Waals surface area (Å²) in [5.41, 5.74) is 2.03. The van der Waals surface area contributed by atoms with Crippen LogP contribution >= 0.6 is 0 Å². The number of aliphatic hydroxyl groups is 1. The Hall–Kier alpha value is -1.10. The Kier molecular flexibility index (Phi) is 7.15. The standard InChI is InChI=1S/C16H24N2O2.ClH/c1-13(2)14-3-5-15(6-4-14)16(20)18-9-7-17(8-10-18)11-12-19;/h3-6,13,19H,7-12H2,1-2H3;1H/p-1. The average Bonchev–Trinajstić information content (AvgIpc) is 2.48. The van der Waals surface area contributed by atoms with Crippen LogP contribution in [-0.4, -0.2) is 60.1 Å². The summed E-state index contributed by atoms with van der Waals surface area (Å²) in [5, 5.41) is 8.92. The lowest BCUT2D eigenvalue weighted by molar-refractivity contribution is -0.0000169. The van der Waals surface area contributed by atoms with Gasteiger partial charge in [0.15, 0.2) is 0 Å². The van der Waals surface area contributed by atoms with E-state index in [1.54, 1.807) is 0 Å². The fourth-order valence-electron chi connectivity index (χ4n) is 2.51. The van der Waals surface area contributed by atoms with Crippen molar-refractivity contribution in [1.29, 1.82) is 0 Å². The van der Waals surface area contributed by atoms with Crippen LogP contribution in [0.5, 0.6) is 0 Å². The van der Waals surface area contributed by atoms with Crippen LogP contribution in [-0.2, 0) is 0 Å². The Bertz CT molecular complexity index is 440. The van der Waals surface area contributed by atoms with Crippen LogP contribution in [0.1, 0.15) is 35.7 Å². The summed E-state index contributed by atoms with van der Waals surface area (Å²) >= 11 is 0. The highest BCUT2D eigenvalue weighted by Crippen LogP contribution is 2.16. The normalized spacial score (nSPS) is 15.9. The van der Waals surface area contributed by atoms with Gasteiger partial charge in [0.05, 0.1) is 6.61 Å². The van der Waals surface area contributed by atoms with E-state index in [4.69, 9.17) is 5.11 Å². The first-order chi connectivity index (χ1) is 9.61. The van der Waals surface area contributed by atoms with E-state index >= 15 is 0 Å². The van der Waals surface area contributed by atoms with E-state index in [2.05, 4.69) is 18.7 Å². The molecule has 1 fully saturated rings. The first-order valence-corrected chi connectivity index (χ1v) is 7.34. The Morgan fingerprint density at radius 2 is 1.71 bits per heavy atom. The van der Waals surface area contributed by atoms with Crippen LogP contribution in [0.15, 0.2) is 24.3 Å². The predicted molar refractivity (Wildman–Crippen MR) is 80.0 cm³/mol. The molecule has 21 heavy (non-hydrogen) atoms. The lowest BCUT2D eigenvalue weighted by Gasteiger charge is -2.34. The van der Waals surface area contributed by atoms with Gasteiger partial charge in [-0.15, -0.1) is 0 Å². The van der Waals surface area contributed by atoms with Gasteiger partial charge in [-0.2, -0.15) is 0 Å². The number of amides is 1. The van der Waals surface area contributed by atoms with Gasteiger partial charge in [-0.05, 0) is 23.6 Å². The van der Waals surface area contributed by atoms with Crippen LogP contribution in [0.2, 0.25) is 0 Å². The van der Waals surface area contributed by atoms with Gasteiger partial charge in [-0.25, -0.2) is 0 Å². The summed E-state index contributed by atoms with van der Waals surface area (Å²) in [4.78, 5) is 16.5. The second-order valence-corrected chi connectivity index (χ2v) is 5.63. The monoisotopic (exact) mass is 311 g/mol. The number of nitrogens with zero attached hydrogens (tertiary/aromatic N) is 2. The number of rotatable bonds is 4. The third-order valence-corrected chi connectivity index (χ3v) is 3.90. The second-order valence-electron chi connectivity index (χ2n) is 5.63. The van der Waals surface area contributed by atoms with Gasteiger partial charge in [-0.3, -0.25) is 9.69 Å². The zero-order valence-corrected chi connectivity index (χ0v) is 13.5. The molecule has 0 aliphatic carbocycles. The van der Waals surface area contributed by atoms with E-state index in [1.807, 2.05) is 29.2 Å². The maximum atomic E-state index is 12.4. The Morgan fingerprint density at radius 3 is 2.19 bits per heavy atom. The first kappa shape index (κ1) is 18.0. The number of aliphatic hydroxyl groups excluding tert-OH is 1. The van der Waals surface area contributed by atoms with Gasteiger partial charge in [-0.1, -0.05) is 26.0 Å². The molecular formula is C16H24ClN2O2-. The topological polar surface area (TPSA) is 43.8 Å². The second kappa shape index (κ2) is 8.37. The number of halogens is 1. The van der Waals surface area contributed by atoms with Crippen molar-refractivity contribution in [3.63, 3.8) is 0 Å². The van der Waals surface area contributed by atoms with Crippen LogP contribution in [0, 0.1) is 0 Å². The largest absolute Gasteiger partial charge is 1.00 e. The number of benzene rings is 1. The van der Waals surface area contributed by atoms with E-state index in [0.717, 1.165) is 31.7 Å². The lowest BCUT2D eigenvalue weighted by Crippen LogP contribution is -3.00. The number of hydrogen-bond acceptors (Lipinski definition) is 3. The van der Waals surface area contributed by atoms with Gasteiger partial charge in [0.1, 0.15) is 0 Å². The highest BCUT2D eigenvalue weighted by atomic mass is 35.5. The van der Waals surface area contributed by atoms with Crippen molar-refractivity contribution in [2.45, 2.75) is 19.8 Å². The number of carbonyl (C=O) groups excluding carboxylic acids is 1. The maximum absolute atomic E-state index is 12.4. The van der Waals surface area contributed by atoms with E-state index < -0.39 is 0 Å². The van der Waals surface area contributed by atoms with Gasteiger partial charge < -0.3 is 22.4 Å². The summed E-state index contributed by atoms with van der Waals surface area (Å²) in [7, 11) is 0. The molecule has 0 radical (unpaired) electrons. The van der Waals surface area contributed by atoms with E-state index in [0.29, 0.717) is 12.5 Å². The first-order valence-electron chi connectivity index (χ1n) is 7.34. The summed E-state index contributed by atoms with van der Waals surface area (Å²) in [5.74, 6) is 0.602. The summed E-state index contributed by atoms with van der Waals surface area (Å²) < 4.78 is 0. The minimum Gasteiger partial charge on any atom is -1.00 e. The zero-order valence-electron chi connectivity index (χ0n) is 12.8. The summed E-state index contributed by atoms with van der Waals surface area (Å²) in [6.07, 6.45) is 0. The Morgan fingerprint density at radius 1 is 1.14 bits per heavy atom. The molecule has 118 valence electrons. The molecule has 1 saturated heterocycles. The van der Waals surface area contributed by atoms with Crippen molar-refractivity contribution < 1.29 is 22.3 Å². The minimum atomic E-state index is 0. The lowest BCUT2D eigenvalue weighted by atomic mass is 10.0. The van der Waals surface area contributed by atoms with Crippen molar-refractivity contribution in [2.24, 2.45) is 0 Å². The van der Waals surface area contributed by atoms with Crippen molar-refractivity contribution in [3.8, 4) is 0 Å². The number of hydrogen-bond donors (Lipinski definition) is 1. The van der Waals surface area contributed by atoms with Crippen LogP contribution < -0.4 is 12.4 Å². The summed E-state index contributed by atoms with van der Waals surface area (Å²) in [6, 6.07) is 7.94. The molecule has 1 aliphatic rings. The molecule has 0 spiro atoms. The molecule has 0 bridgehead atoms. The molecule has 0 atom stereocenters. The molecule has 0 unspecified atom stereocenters.